The molecule has 0 amide bonds. The van der Waals surface area contributed by atoms with E-state index in [0.29, 0.717) is 10.6 Å². The molecule has 0 bridgehead atoms. The number of anilines is 3. The quantitative estimate of drug-likeness (QED) is 0.679. The number of aryl methyl sites for hydroxylation is 3. The first-order valence-electron chi connectivity index (χ1n) is 8.43. The summed E-state index contributed by atoms with van der Waals surface area (Å²) in [5.74, 6) is 0. The van der Waals surface area contributed by atoms with E-state index in [4.69, 9.17) is 0 Å². The molecule has 5 nitrogen and oxygen atoms in total. The molecular weight excluding hydrogens is 366 g/mol. The van der Waals surface area contributed by atoms with Crippen molar-refractivity contribution in [3.8, 4) is 0 Å². The highest BCUT2D eigenvalue weighted by atomic mass is 32.2. The van der Waals surface area contributed by atoms with E-state index < -0.39 is 10.0 Å². The molecule has 0 spiro atoms. The molecule has 1 aromatic heterocycles. The van der Waals surface area contributed by atoms with Gasteiger partial charge in [0.2, 0.25) is 0 Å². The minimum atomic E-state index is -3.61. The van der Waals surface area contributed by atoms with Crippen LogP contribution in [0, 0.1) is 6.92 Å². The molecule has 1 aliphatic carbocycles. The smallest absolute Gasteiger partial charge is 0.261 e. The van der Waals surface area contributed by atoms with Gasteiger partial charge in [-0.05, 0) is 67.6 Å². The third-order valence-corrected chi connectivity index (χ3v) is 6.62. The summed E-state index contributed by atoms with van der Waals surface area (Å²) in [4.78, 5) is 4.67. The molecular formula is C19H19N3O2S2. The largest absolute Gasteiger partial charge is 0.331 e. The van der Waals surface area contributed by atoms with Crippen LogP contribution in [0.25, 0.3) is 0 Å². The van der Waals surface area contributed by atoms with Crippen LogP contribution in [0.3, 0.4) is 0 Å². The Morgan fingerprint density at radius 3 is 2.65 bits per heavy atom. The number of aromatic nitrogens is 1. The van der Waals surface area contributed by atoms with Crippen LogP contribution >= 0.6 is 11.3 Å². The molecule has 4 rings (SSSR count). The highest BCUT2D eigenvalue weighted by Gasteiger charge is 2.18. The van der Waals surface area contributed by atoms with Gasteiger partial charge in [-0.3, -0.25) is 4.72 Å². The Hall–Kier alpha value is -2.38. The van der Waals surface area contributed by atoms with Crippen molar-refractivity contribution in [1.29, 1.82) is 0 Å². The van der Waals surface area contributed by atoms with Gasteiger partial charge in [-0.15, -0.1) is 11.3 Å². The Morgan fingerprint density at radius 2 is 1.85 bits per heavy atom. The zero-order valence-corrected chi connectivity index (χ0v) is 16.0. The molecule has 1 aliphatic rings. The van der Waals surface area contributed by atoms with E-state index in [-0.39, 0.29) is 0 Å². The highest BCUT2D eigenvalue weighted by molar-refractivity contribution is 7.92. The van der Waals surface area contributed by atoms with E-state index in [9.17, 15) is 8.42 Å². The van der Waals surface area contributed by atoms with Crippen molar-refractivity contribution in [2.24, 2.45) is 0 Å². The minimum Gasteiger partial charge on any atom is -0.331 e. The first-order valence-corrected chi connectivity index (χ1v) is 10.8. The predicted octanol–water partition coefficient (Wildman–Crippen LogP) is 4.48. The number of hydrogen-bond donors (Lipinski definition) is 2. The van der Waals surface area contributed by atoms with Crippen LogP contribution in [-0.4, -0.2) is 13.4 Å². The summed E-state index contributed by atoms with van der Waals surface area (Å²) in [7, 11) is -3.61. The van der Waals surface area contributed by atoms with Gasteiger partial charge in [0, 0.05) is 11.1 Å². The van der Waals surface area contributed by atoms with Gasteiger partial charge in [-0.1, -0.05) is 12.1 Å². The zero-order chi connectivity index (χ0) is 18.1. The summed E-state index contributed by atoms with van der Waals surface area (Å²) >= 11 is 1.51. The lowest BCUT2D eigenvalue weighted by molar-refractivity contribution is 0.601. The summed E-state index contributed by atoms with van der Waals surface area (Å²) in [5.41, 5.74) is 4.65. The van der Waals surface area contributed by atoms with Crippen molar-refractivity contribution in [2.75, 3.05) is 10.0 Å². The molecule has 1 heterocycles. The van der Waals surface area contributed by atoms with Gasteiger partial charge in [0.1, 0.15) is 0 Å². The first-order chi connectivity index (χ1) is 12.5. The normalized spacial score (nSPS) is 13.4. The maximum Gasteiger partial charge on any atom is 0.261 e. The first kappa shape index (κ1) is 17.1. The maximum atomic E-state index is 12.7. The van der Waals surface area contributed by atoms with Crippen LogP contribution in [0.15, 0.2) is 52.7 Å². The predicted molar refractivity (Wildman–Crippen MR) is 106 cm³/mol. The molecule has 2 aromatic carbocycles. The summed E-state index contributed by atoms with van der Waals surface area (Å²) in [6.07, 6.45) is 3.08. The average Bonchev–Trinajstić information content (AvgIpc) is 3.22. The van der Waals surface area contributed by atoms with E-state index in [1.54, 1.807) is 24.3 Å². The number of sulfonamides is 1. The molecule has 0 unspecified atom stereocenters. The summed E-state index contributed by atoms with van der Waals surface area (Å²) in [5, 5.41) is 5.94. The second kappa shape index (κ2) is 6.74. The average molecular weight is 386 g/mol. The Morgan fingerprint density at radius 1 is 1.04 bits per heavy atom. The van der Waals surface area contributed by atoms with Gasteiger partial charge in [0.15, 0.2) is 5.13 Å². The van der Waals surface area contributed by atoms with Gasteiger partial charge >= 0.3 is 0 Å². The number of fused-ring (bicyclic) bond motifs is 1. The van der Waals surface area contributed by atoms with Crippen molar-refractivity contribution in [3.05, 3.63) is 64.7 Å². The van der Waals surface area contributed by atoms with Crippen LogP contribution < -0.4 is 10.0 Å². The molecule has 7 heteroatoms. The molecule has 0 atom stereocenters. The number of hydrogen-bond acceptors (Lipinski definition) is 5. The van der Waals surface area contributed by atoms with Crippen molar-refractivity contribution in [1.82, 2.24) is 4.98 Å². The molecule has 0 fully saturated rings. The summed E-state index contributed by atoms with van der Waals surface area (Å²) in [6, 6.07) is 12.6. The van der Waals surface area contributed by atoms with Crippen LogP contribution in [-0.2, 0) is 22.9 Å². The third-order valence-electron chi connectivity index (χ3n) is 4.37. The van der Waals surface area contributed by atoms with E-state index in [1.807, 2.05) is 30.5 Å². The van der Waals surface area contributed by atoms with Crippen LogP contribution in [0.2, 0.25) is 0 Å². The molecule has 0 saturated carbocycles. The van der Waals surface area contributed by atoms with Crippen LogP contribution in [0.1, 0.15) is 23.2 Å². The molecule has 134 valence electrons. The van der Waals surface area contributed by atoms with E-state index in [2.05, 4.69) is 15.0 Å². The van der Waals surface area contributed by atoms with Crippen molar-refractivity contribution < 1.29 is 8.42 Å². The van der Waals surface area contributed by atoms with Gasteiger partial charge in [0.05, 0.1) is 16.3 Å². The zero-order valence-electron chi connectivity index (χ0n) is 14.3. The highest BCUT2D eigenvalue weighted by Crippen LogP contribution is 2.27. The molecule has 0 saturated heterocycles. The summed E-state index contributed by atoms with van der Waals surface area (Å²) < 4.78 is 28.1. The fourth-order valence-corrected chi connectivity index (χ4v) is 4.93. The maximum absolute atomic E-state index is 12.7. The molecule has 2 N–H and O–H groups in total. The summed E-state index contributed by atoms with van der Waals surface area (Å²) in [6.45, 7) is 1.93. The Labute approximate surface area is 157 Å². The fraction of sp³-hybridized carbons (Fsp3) is 0.211. The molecule has 26 heavy (non-hydrogen) atoms. The van der Waals surface area contributed by atoms with Crippen LogP contribution in [0.4, 0.5) is 16.5 Å². The van der Waals surface area contributed by atoms with E-state index in [1.165, 1.54) is 16.9 Å². The van der Waals surface area contributed by atoms with Crippen LogP contribution in [0.5, 0.6) is 0 Å². The van der Waals surface area contributed by atoms with Gasteiger partial charge in [-0.2, -0.15) is 0 Å². The number of thiazole rings is 1. The second-order valence-electron chi connectivity index (χ2n) is 6.39. The standard InChI is InChI=1S/C19H19N3O2S2/c1-13-12-25-19(20-13)21-16-6-3-7-17(11-16)22-26(23,24)18-9-8-14-4-2-5-15(14)10-18/h3,6-12,22H,2,4-5H2,1H3,(H,20,21). The SMILES string of the molecule is Cc1csc(Nc2cccc(NS(=O)(=O)c3ccc4c(c3)CCC4)c2)n1. The lowest BCUT2D eigenvalue weighted by atomic mass is 10.1. The van der Waals surface area contributed by atoms with Gasteiger partial charge in [-0.25, -0.2) is 13.4 Å². The van der Waals surface area contributed by atoms with Gasteiger partial charge < -0.3 is 5.32 Å². The Bertz CT molecular complexity index is 1060. The lowest BCUT2D eigenvalue weighted by Gasteiger charge is -2.11. The number of benzene rings is 2. The Kier molecular flexibility index (Phi) is 4.42. The Balaban J connectivity index is 1.55. The number of nitrogens with one attached hydrogen (secondary N) is 2. The van der Waals surface area contributed by atoms with E-state index >= 15 is 0 Å². The molecule has 0 radical (unpaired) electrons. The fourth-order valence-electron chi connectivity index (χ4n) is 3.12. The monoisotopic (exact) mass is 385 g/mol. The van der Waals surface area contributed by atoms with Crippen molar-refractivity contribution >= 4 is 37.9 Å². The number of nitrogens with zero attached hydrogens (tertiary/aromatic N) is 1. The van der Waals surface area contributed by atoms with Crippen molar-refractivity contribution in [2.45, 2.75) is 31.1 Å². The number of rotatable bonds is 5. The topological polar surface area (TPSA) is 71.1 Å². The molecule has 0 aliphatic heterocycles. The van der Waals surface area contributed by atoms with Gasteiger partial charge in [0.25, 0.3) is 10.0 Å². The van der Waals surface area contributed by atoms with Crippen molar-refractivity contribution in [3.63, 3.8) is 0 Å². The van der Waals surface area contributed by atoms with E-state index in [0.717, 1.165) is 41.3 Å². The minimum absolute atomic E-state index is 0.312. The lowest BCUT2D eigenvalue weighted by Crippen LogP contribution is -2.13. The third kappa shape index (κ3) is 3.59. The second-order valence-corrected chi connectivity index (χ2v) is 8.93. The molecule has 3 aromatic rings.